The van der Waals surface area contributed by atoms with Crippen molar-refractivity contribution in [1.29, 1.82) is 0 Å². The summed E-state index contributed by atoms with van der Waals surface area (Å²) in [7, 11) is 0. The van der Waals surface area contributed by atoms with Crippen molar-refractivity contribution in [1.82, 2.24) is 15.2 Å². The van der Waals surface area contributed by atoms with Crippen molar-refractivity contribution in [2.75, 3.05) is 13.2 Å². The number of phenols is 1. The molecule has 2 N–H and O–H groups in total. The topological polar surface area (TPSA) is 109 Å². The van der Waals surface area contributed by atoms with Gasteiger partial charge in [0, 0.05) is 49.4 Å². The summed E-state index contributed by atoms with van der Waals surface area (Å²) in [4.78, 5) is 44.7. The number of nitrogens with one attached hydrogen (secondary N) is 1. The van der Waals surface area contributed by atoms with E-state index in [1.54, 1.807) is 17.5 Å². The number of phenolic OH excluding ortho intramolecular Hbond substituents is 1. The third-order valence-corrected chi connectivity index (χ3v) is 8.29. The first-order valence-corrected chi connectivity index (χ1v) is 16.4. The van der Waals surface area contributed by atoms with Crippen LogP contribution in [0.15, 0.2) is 29.6 Å². The second-order valence-electron chi connectivity index (χ2n) is 11.6. The van der Waals surface area contributed by atoms with Crippen molar-refractivity contribution in [2.45, 2.75) is 111 Å². The molecule has 1 aromatic heterocycles. The van der Waals surface area contributed by atoms with Crippen LogP contribution in [0.2, 0.25) is 0 Å². The normalized spacial score (nSPS) is 14.3. The molecule has 3 unspecified atom stereocenters. The first kappa shape index (κ1) is 35.4. The number of nitrogens with zero attached hydrogens (tertiary/aromatic N) is 2. The number of hydrogen-bond donors (Lipinski definition) is 2. The number of carbonyl (C=O) groups is 3. The summed E-state index contributed by atoms with van der Waals surface area (Å²) in [6, 6.07) is 6.58. The summed E-state index contributed by atoms with van der Waals surface area (Å²) >= 11 is 1.40. The average molecular weight is 602 g/mol. The molecule has 234 valence electrons. The maximum atomic E-state index is 13.3. The number of aromatic hydroxyl groups is 1. The van der Waals surface area contributed by atoms with E-state index in [9.17, 15) is 19.5 Å². The highest BCUT2D eigenvalue weighted by Gasteiger charge is 2.31. The van der Waals surface area contributed by atoms with E-state index in [0.29, 0.717) is 44.5 Å². The van der Waals surface area contributed by atoms with Gasteiger partial charge in [0.15, 0.2) is 0 Å². The van der Waals surface area contributed by atoms with Crippen molar-refractivity contribution in [2.24, 2.45) is 11.8 Å². The Morgan fingerprint density at radius 2 is 1.79 bits per heavy atom. The van der Waals surface area contributed by atoms with Crippen LogP contribution in [0, 0.1) is 11.8 Å². The highest BCUT2D eigenvalue weighted by atomic mass is 32.1. The quantitative estimate of drug-likeness (QED) is 0.163. The number of amides is 2. The van der Waals surface area contributed by atoms with Gasteiger partial charge >= 0.3 is 0 Å². The van der Waals surface area contributed by atoms with Gasteiger partial charge in [-0.05, 0) is 55.7 Å². The third kappa shape index (κ3) is 11.5. The van der Waals surface area contributed by atoms with Gasteiger partial charge in [-0.3, -0.25) is 9.59 Å². The van der Waals surface area contributed by atoms with E-state index in [2.05, 4.69) is 39.9 Å². The number of unbranched alkanes of at least 4 members (excludes halogenated alkanes) is 1. The molecule has 8 nitrogen and oxygen atoms in total. The fraction of sp³-hybridized carbons (Fsp3) is 0.636. The summed E-state index contributed by atoms with van der Waals surface area (Å²) < 4.78 is 6.30. The Hall–Kier alpha value is -2.78. The van der Waals surface area contributed by atoms with Crippen LogP contribution in [-0.2, 0) is 20.7 Å². The number of ether oxygens (including phenoxy) is 1. The lowest BCUT2D eigenvalue weighted by molar-refractivity contribution is -0.135. The number of aromatic nitrogens is 1. The molecule has 2 rings (SSSR count). The van der Waals surface area contributed by atoms with Crippen LogP contribution < -0.4 is 5.32 Å². The standard InChI is InChI=1S/C33H51N3O5S/c1-7-10-11-31(39)36(16-8-2)29(23(4)5)20-30(41-17-9-3)33-35-28(22-42-33)32(40)34-26(18-24(6)21-37)19-25-12-14-27(38)15-13-25/h12-15,21-24,26,29-30,38H,7-11,16-20H2,1-6H3,(H,34,40)/t24-,26?,29?,30?/m0/s1. The molecular formula is C33H51N3O5S. The first-order chi connectivity index (χ1) is 20.1. The smallest absolute Gasteiger partial charge is 0.270 e. The molecule has 0 aliphatic carbocycles. The van der Waals surface area contributed by atoms with Gasteiger partial charge in [0.2, 0.25) is 5.91 Å². The van der Waals surface area contributed by atoms with Crippen molar-refractivity contribution in [3.8, 4) is 5.75 Å². The fourth-order valence-electron chi connectivity index (χ4n) is 5.08. The van der Waals surface area contributed by atoms with Gasteiger partial charge in [-0.15, -0.1) is 11.3 Å². The number of rotatable bonds is 20. The minimum atomic E-state index is -0.329. The predicted molar refractivity (Wildman–Crippen MR) is 169 cm³/mol. The summed E-state index contributed by atoms with van der Waals surface area (Å²) in [5.74, 6) is 0.0899. The summed E-state index contributed by atoms with van der Waals surface area (Å²) in [5.41, 5.74) is 1.27. The van der Waals surface area contributed by atoms with Gasteiger partial charge in [-0.2, -0.15) is 0 Å². The molecule has 0 aliphatic heterocycles. The molecule has 0 aliphatic rings. The minimum Gasteiger partial charge on any atom is -0.508 e. The molecule has 9 heteroatoms. The average Bonchev–Trinajstić information content (AvgIpc) is 3.46. The van der Waals surface area contributed by atoms with Gasteiger partial charge < -0.3 is 24.9 Å². The van der Waals surface area contributed by atoms with Crippen LogP contribution >= 0.6 is 11.3 Å². The van der Waals surface area contributed by atoms with E-state index in [1.165, 1.54) is 11.3 Å². The first-order valence-electron chi connectivity index (χ1n) is 15.5. The molecule has 1 heterocycles. The molecule has 1 aromatic carbocycles. The zero-order valence-electron chi connectivity index (χ0n) is 26.3. The zero-order chi connectivity index (χ0) is 31.1. The maximum absolute atomic E-state index is 13.3. The molecule has 0 saturated heterocycles. The Balaban J connectivity index is 2.25. The molecule has 0 bridgehead atoms. The van der Waals surface area contributed by atoms with Crippen LogP contribution in [0.5, 0.6) is 5.75 Å². The van der Waals surface area contributed by atoms with Crippen LogP contribution in [0.25, 0.3) is 0 Å². The SMILES string of the molecule is CCCCC(=O)N(CCC)C(CC(OCCC)c1nc(C(=O)NC(Cc2ccc(O)cc2)C[C@H](C)C=O)cs1)C(C)C. The van der Waals surface area contributed by atoms with Gasteiger partial charge in [0.25, 0.3) is 5.91 Å². The third-order valence-electron chi connectivity index (χ3n) is 7.35. The zero-order valence-corrected chi connectivity index (χ0v) is 27.1. The number of carbonyl (C=O) groups excluding carboxylic acids is 3. The maximum Gasteiger partial charge on any atom is 0.270 e. The Morgan fingerprint density at radius 1 is 1.07 bits per heavy atom. The number of thiazole rings is 1. The minimum absolute atomic E-state index is 0.00291. The van der Waals surface area contributed by atoms with Gasteiger partial charge in [0.05, 0.1) is 0 Å². The van der Waals surface area contributed by atoms with Crippen molar-refractivity contribution >= 4 is 29.4 Å². The molecule has 2 amide bonds. The van der Waals surface area contributed by atoms with Gasteiger partial charge in [-0.25, -0.2) is 4.98 Å². The number of benzene rings is 1. The van der Waals surface area contributed by atoms with E-state index in [-0.39, 0.29) is 47.6 Å². The lowest BCUT2D eigenvalue weighted by Gasteiger charge is -2.36. The van der Waals surface area contributed by atoms with Crippen LogP contribution in [0.4, 0.5) is 0 Å². The summed E-state index contributed by atoms with van der Waals surface area (Å²) in [6.07, 6.45) is 6.35. The van der Waals surface area contributed by atoms with Crippen LogP contribution in [0.1, 0.15) is 114 Å². The Labute approximate surface area is 256 Å². The van der Waals surface area contributed by atoms with Crippen molar-refractivity contribution in [3.63, 3.8) is 0 Å². The Bertz CT molecular complexity index is 1090. The largest absolute Gasteiger partial charge is 0.508 e. The monoisotopic (exact) mass is 601 g/mol. The second kappa shape index (κ2) is 18.7. The number of aldehydes is 1. The van der Waals surface area contributed by atoms with E-state index in [0.717, 1.165) is 42.5 Å². The molecule has 0 fully saturated rings. The van der Waals surface area contributed by atoms with Gasteiger partial charge in [0.1, 0.15) is 28.8 Å². The van der Waals surface area contributed by atoms with E-state index in [1.807, 2.05) is 24.0 Å². The summed E-state index contributed by atoms with van der Waals surface area (Å²) in [6.45, 7) is 13.6. The molecule has 0 radical (unpaired) electrons. The highest BCUT2D eigenvalue weighted by molar-refractivity contribution is 7.09. The fourth-order valence-corrected chi connectivity index (χ4v) is 5.94. The van der Waals surface area contributed by atoms with Crippen molar-refractivity contribution < 1.29 is 24.2 Å². The van der Waals surface area contributed by atoms with E-state index in [4.69, 9.17) is 9.72 Å². The summed E-state index contributed by atoms with van der Waals surface area (Å²) in [5, 5.41) is 15.2. The lowest BCUT2D eigenvalue weighted by atomic mass is 9.95. The van der Waals surface area contributed by atoms with E-state index >= 15 is 0 Å². The number of hydrogen-bond acceptors (Lipinski definition) is 7. The predicted octanol–water partition coefficient (Wildman–Crippen LogP) is 6.73. The van der Waals surface area contributed by atoms with E-state index < -0.39 is 0 Å². The molecular weight excluding hydrogens is 550 g/mol. The Kier molecular flexibility index (Phi) is 15.8. The molecule has 4 atom stereocenters. The van der Waals surface area contributed by atoms with Crippen molar-refractivity contribution in [3.05, 3.63) is 45.9 Å². The van der Waals surface area contributed by atoms with Crippen LogP contribution in [0.3, 0.4) is 0 Å². The molecule has 42 heavy (non-hydrogen) atoms. The molecule has 0 saturated carbocycles. The second-order valence-corrected chi connectivity index (χ2v) is 12.4. The Morgan fingerprint density at radius 3 is 2.38 bits per heavy atom. The van der Waals surface area contributed by atoms with Gasteiger partial charge in [-0.1, -0.05) is 60.1 Å². The van der Waals surface area contributed by atoms with Crippen LogP contribution in [-0.4, -0.2) is 58.3 Å². The molecule has 2 aromatic rings. The highest BCUT2D eigenvalue weighted by Crippen LogP contribution is 2.31. The molecule has 0 spiro atoms. The lowest BCUT2D eigenvalue weighted by Crippen LogP contribution is -2.44.